The fraction of sp³-hybridized carbons (Fsp3) is 0.875. The van der Waals surface area contributed by atoms with Crippen LogP contribution in [0.25, 0.3) is 0 Å². The van der Waals surface area contributed by atoms with Crippen molar-refractivity contribution in [2.45, 2.75) is 26.3 Å². The highest BCUT2D eigenvalue weighted by molar-refractivity contribution is 5.78. The monoisotopic (exact) mass is 157 g/mol. The van der Waals surface area contributed by atoms with Crippen LogP contribution in [0.5, 0.6) is 0 Å². The lowest BCUT2D eigenvalue weighted by Gasteiger charge is -2.27. The third kappa shape index (κ3) is 2.19. The average molecular weight is 157 g/mol. The number of carbonyl (C=O) groups excluding carboxylic acids is 1. The first-order valence-corrected chi connectivity index (χ1v) is 4.11. The summed E-state index contributed by atoms with van der Waals surface area (Å²) in [7, 11) is 0. The van der Waals surface area contributed by atoms with Gasteiger partial charge in [-0.05, 0) is 5.92 Å². The Morgan fingerprint density at radius 2 is 2.55 bits per heavy atom. The molecule has 0 saturated carbocycles. The molecule has 1 aliphatic heterocycles. The molecule has 1 fully saturated rings. The second-order valence-corrected chi connectivity index (χ2v) is 3.07. The second-order valence-electron chi connectivity index (χ2n) is 3.07. The Labute approximate surface area is 67.1 Å². The Morgan fingerprint density at radius 1 is 1.82 bits per heavy atom. The SMILES string of the molecule is CCC(C)[C@H]1COCC(=O)N1. The first kappa shape index (κ1) is 8.53. The minimum absolute atomic E-state index is 0.0153. The molecule has 0 aliphatic carbocycles. The summed E-state index contributed by atoms with van der Waals surface area (Å²) in [5.41, 5.74) is 0. The third-order valence-corrected chi connectivity index (χ3v) is 2.21. The minimum Gasteiger partial charge on any atom is -0.370 e. The Balaban J connectivity index is 2.39. The fourth-order valence-electron chi connectivity index (χ4n) is 1.16. The van der Waals surface area contributed by atoms with Crippen LogP contribution in [0.1, 0.15) is 20.3 Å². The van der Waals surface area contributed by atoms with E-state index in [1.807, 2.05) is 0 Å². The molecule has 1 aliphatic rings. The van der Waals surface area contributed by atoms with E-state index in [0.717, 1.165) is 6.42 Å². The summed E-state index contributed by atoms with van der Waals surface area (Å²) < 4.78 is 5.11. The van der Waals surface area contributed by atoms with Crippen LogP contribution in [0.3, 0.4) is 0 Å². The second kappa shape index (κ2) is 3.72. The lowest BCUT2D eigenvalue weighted by atomic mass is 9.99. The molecule has 3 nitrogen and oxygen atoms in total. The van der Waals surface area contributed by atoms with Crippen LogP contribution in [0, 0.1) is 5.92 Å². The summed E-state index contributed by atoms with van der Waals surface area (Å²) in [4.78, 5) is 10.9. The number of carbonyl (C=O) groups is 1. The van der Waals surface area contributed by atoms with Crippen molar-refractivity contribution in [3.63, 3.8) is 0 Å². The lowest BCUT2D eigenvalue weighted by Crippen LogP contribution is -2.48. The van der Waals surface area contributed by atoms with Gasteiger partial charge in [0.2, 0.25) is 5.91 Å². The molecule has 0 aromatic carbocycles. The summed E-state index contributed by atoms with van der Waals surface area (Å²) in [6.45, 7) is 5.14. The number of morpholine rings is 1. The van der Waals surface area contributed by atoms with Crippen molar-refractivity contribution in [3.8, 4) is 0 Å². The Morgan fingerprint density at radius 3 is 3.09 bits per heavy atom. The molecule has 0 spiro atoms. The molecule has 0 radical (unpaired) electrons. The summed E-state index contributed by atoms with van der Waals surface area (Å²) in [5.74, 6) is 0.529. The number of nitrogens with one attached hydrogen (secondary N) is 1. The summed E-state index contributed by atoms with van der Waals surface area (Å²) in [6.07, 6.45) is 1.08. The van der Waals surface area contributed by atoms with E-state index in [1.54, 1.807) is 0 Å². The van der Waals surface area contributed by atoms with Gasteiger partial charge >= 0.3 is 0 Å². The van der Waals surface area contributed by atoms with Gasteiger partial charge in [0.05, 0.1) is 12.6 Å². The van der Waals surface area contributed by atoms with Crippen molar-refractivity contribution in [2.24, 2.45) is 5.92 Å². The molecule has 0 bridgehead atoms. The van der Waals surface area contributed by atoms with Crippen molar-refractivity contribution in [3.05, 3.63) is 0 Å². The zero-order valence-electron chi connectivity index (χ0n) is 7.09. The van der Waals surface area contributed by atoms with E-state index < -0.39 is 0 Å². The molecule has 64 valence electrons. The summed E-state index contributed by atoms with van der Waals surface area (Å²) >= 11 is 0. The Kier molecular flexibility index (Phi) is 2.88. The average Bonchev–Trinajstić information content (AvgIpc) is 2.03. The van der Waals surface area contributed by atoms with Gasteiger partial charge in [-0.15, -0.1) is 0 Å². The maximum Gasteiger partial charge on any atom is 0.246 e. The highest BCUT2D eigenvalue weighted by atomic mass is 16.5. The molecule has 1 unspecified atom stereocenters. The Hall–Kier alpha value is -0.570. The van der Waals surface area contributed by atoms with Gasteiger partial charge in [0.1, 0.15) is 6.61 Å². The molecule has 0 aromatic heterocycles. The van der Waals surface area contributed by atoms with Crippen molar-refractivity contribution in [1.82, 2.24) is 5.32 Å². The van der Waals surface area contributed by atoms with Crippen LogP contribution in [0.4, 0.5) is 0 Å². The van der Waals surface area contributed by atoms with E-state index in [-0.39, 0.29) is 18.6 Å². The van der Waals surface area contributed by atoms with Gasteiger partial charge in [0.15, 0.2) is 0 Å². The number of rotatable bonds is 2. The van der Waals surface area contributed by atoms with Gasteiger partial charge in [-0.1, -0.05) is 20.3 Å². The minimum atomic E-state index is 0.0153. The van der Waals surface area contributed by atoms with Crippen LogP contribution < -0.4 is 5.32 Å². The van der Waals surface area contributed by atoms with Crippen LogP contribution in [-0.4, -0.2) is 25.2 Å². The van der Waals surface area contributed by atoms with Gasteiger partial charge in [0.25, 0.3) is 0 Å². The lowest BCUT2D eigenvalue weighted by molar-refractivity contribution is -0.132. The smallest absolute Gasteiger partial charge is 0.246 e. The Bertz CT molecular complexity index is 147. The molecule has 1 rings (SSSR count). The number of hydrogen-bond donors (Lipinski definition) is 1. The molecule has 1 amide bonds. The molecular formula is C8H15NO2. The summed E-state index contributed by atoms with van der Waals surface area (Å²) in [6, 6.07) is 0.223. The molecule has 0 aromatic rings. The molecule has 1 saturated heterocycles. The zero-order chi connectivity index (χ0) is 8.27. The maximum atomic E-state index is 10.9. The summed E-state index contributed by atoms with van der Waals surface area (Å²) in [5, 5.41) is 2.90. The van der Waals surface area contributed by atoms with Crippen LogP contribution in [0.15, 0.2) is 0 Å². The predicted molar refractivity (Wildman–Crippen MR) is 42.2 cm³/mol. The van der Waals surface area contributed by atoms with Crippen molar-refractivity contribution in [2.75, 3.05) is 13.2 Å². The first-order chi connectivity index (χ1) is 5.24. The van der Waals surface area contributed by atoms with E-state index in [1.165, 1.54) is 0 Å². The third-order valence-electron chi connectivity index (χ3n) is 2.21. The molecule has 3 heteroatoms. The largest absolute Gasteiger partial charge is 0.370 e. The van der Waals surface area contributed by atoms with Gasteiger partial charge in [-0.25, -0.2) is 0 Å². The van der Waals surface area contributed by atoms with Crippen LogP contribution in [-0.2, 0) is 9.53 Å². The van der Waals surface area contributed by atoms with Crippen molar-refractivity contribution in [1.29, 1.82) is 0 Å². The fourth-order valence-corrected chi connectivity index (χ4v) is 1.16. The van der Waals surface area contributed by atoms with Gasteiger partial charge in [0, 0.05) is 0 Å². The van der Waals surface area contributed by atoms with Crippen molar-refractivity contribution >= 4 is 5.91 Å². The molecule has 1 N–H and O–H groups in total. The molecule has 11 heavy (non-hydrogen) atoms. The molecule has 1 heterocycles. The van der Waals surface area contributed by atoms with E-state index in [2.05, 4.69) is 19.2 Å². The molecule has 2 atom stereocenters. The number of ether oxygens (including phenoxy) is 1. The van der Waals surface area contributed by atoms with Gasteiger partial charge < -0.3 is 10.1 Å². The highest BCUT2D eigenvalue weighted by Gasteiger charge is 2.22. The van der Waals surface area contributed by atoms with Crippen LogP contribution >= 0.6 is 0 Å². The maximum absolute atomic E-state index is 10.9. The standard InChI is InChI=1S/C8H15NO2/c1-3-6(2)7-4-11-5-8(10)9-7/h6-7H,3-5H2,1-2H3,(H,9,10)/t6?,7-/m1/s1. The first-order valence-electron chi connectivity index (χ1n) is 4.11. The van der Waals surface area contributed by atoms with E-state index in [0.29, 0.717) is 12.5 Å². The van der Waals surface area contributed by atoms with E-state index >= 15 is 0 Å². The highest BCUT2D eigenvalue weighted by Crippen LogP contribution is 2.10. The zero-order valence-corrected chi connectivity index (χ0v) is 7.09. The van der Waals surface area contributed by atoms with Crippen LogP contribution in [0.2, 0.25) is 0 Å². The topological polar surface area (TPSA) is 38.3 Å². The normalized spacial score (nSPS) is 27.8. The number of amides is 1. The van der Waals surface area contributed by atoms with Gasteiger partial charge in [-0.2, -0.15) is 0 Å². The van der Waals surface area contributed by atoms with Gasteiger partial charge in [-0.3, -0.25) is 4.79 Å². The quantitative estimate of drug-likeness (QED) is 0.635. The van der Waals surface area contributed by atoms with E-state index in [9.17, 15) is 4.79 Å². The predicted octanol–water partition coefficient (Wildman–Crippen LogP) is 0.547. The molecular weight excluding hydrogens is 142 g/mol. The van der Waals surface area contributed by atoms with E-state index in [4.69, 9.17) is 4.74 Å². The van der Waals surface area contributed by atoms with Crippen molar-refractivity contribution < 1.29 is 9.53 Å². The number of hydrogen-bond acceptors (Lipinski definition) is 2.